The maximum absolute atomic E-state index is 5.71. The Morgan fingerprint density at radius 1 is 1.55 bits per heavy atom. The van der Waals surface area contributed by atoms with Crippen LogP contribution in [0.5, 0.6) is 0 Å². The topological polar surface area (TPSA) is 12.0 Å². The van der Waals surface area contributed by atoms with Gasteiger partial charge in [-0.3, -0.25) is 0 Å². The molecular formula is C8H18ClNS. The van der Waals surface area contributed by atoms with Gasteiger partial charge < -0.3 is 5.32 Å². The Bertz CT molecular complexity index is 76.5. The van der Waals surface area contributed by atoms with Crippen LogP contribution in [0.3, 0.4) is 0 Å². The lowest BCUT2D eigenvalue weighted by molar-refractivity contribution is 0.538. The van der Waals surface area contributed by atoms with Gasteiger partial charge in [-0.2, -0.15) is 11.8 Å². The minimum absolute atomic E-state index is 0.513. The molecule has 68 valence electrons. The zero-order chi connectivity index (χ0) is 8.53. The van der Waals surface area contributed by atoms with Crippen molar-refractivity contribution in [2.45, 2.75) is 25.8 Å². The third-order valence-corrected chi connectivity index (χ3v) is 2.71. The first kappa shape index (κ1) is 11.6. The molecule has 0 saturated heterocycles. The van der Waals surface area contributed by atoms with Gasteiger partial charge in [0.15, 0.2) is 0 Å². The molecule has 0 aliphatic rings. The minimum atomic E-state index is 0.513. The molecule has 0 aromatic heterocycles. The van der Waals surface area contributed by atoms with E-state index in [1.54, 1.807) is 0 Å². The van der Waals surface area contributed by atoms with Gasteiger partial charge in [0.1, 0.15) is 0 Å². The molecule has 1 N–H and O–H groups in total. The van der Waals surface area contributed by atoms with Crippen LogP contribution in [0.25, 0.3) is 0 Å². The first-order valence-electron chi connectivity index (χ1n) is 4.13. The normalized spacial score (nSPS) is 13.4. The van der Waals surface area contributed by atoms with Crippen LogP contribution < -0.4 is 5.32 Å². The van der Waals surface area contributed by atoms with Crippen molar-refractivity contribution >= 4 is 23.4 Å². The smallest absolute Gasteiger partial charge is 0.0377 e. The summed E-state index contributed by atoms with van der Waals surface area (Å²) in [5.41, 5.74) is 0. The van der Waals surface area contributed by atoms with Crippen molar-refractivity contribution in [3.63, 3.8) is 0 Å². The Hall–Kier alpha value is 0.600. The fourth-order valence-corrected chi connectivity index (χ4v) is 1.59. The highest BCUT2D eigenvalue weighted by Gasteiger charge is 2.00. The van der Waals surface area contributed by atoms with Gasteiger partial charge in [0, 0.05) is 11.9 Å². The van der Waals surface area contributed by atoms with Gasteiger partial charge in [-0.25, -0.2) is 0 Å². The highest BCUT2D eigenvalue weighted by Crippen LogP contribution is 1.97. The van der Waals surface area contributed by atoms with Gasteiger partial charge in [-0.05, 0) is 31.4 Å². The van der Waals surface area contributed by atoms with Crippen LogP contribution in [0.2, 0.25) is 0 Å². The van der Waals surface area contributed by atoms with E-state index >= 15 is 0 Å². The van der Waals surface area contributed by atoms with E-state index < -0.39 is 0 Å². The van der Waals surface area contributed by atoms with Crippen LogP contribution in [0.15, 0.2) is 0 Å². The third kappa shape index (κ3) is 6.98. The van der Waals surface area contributed by atoms with Crippen molar-refractivity contribution < 1.29 is 0 Å². The summed E-state index contributed by atoms with van der Waals surface area (Å²) in [7, 11) is 0. The Balaban J connectivity index is 3.07. The number of rotatable bonds is 7. The Morgan fingerprint density at radius 3 is 2.73 bits per heavy atom. The SMILES string of the molecule is CCC(CCl)NCCCSC. The molecule has 0 aromatic carbocycles. The molecule has 0 spiro atoms. The van der Waals surface area contributed by atoms with Gasteiger partial charge in [-0.1, -0.05) is 6.92 Å². The molecule has 0 rings (SSSR count). The summed E-state index contributed by atoms with van der Waals surface area (Å²) in [6, 6.07) is 0.513. The summed E-state index contributed by atoms with van der Waals surface area (Å²) >= 11 is 7.61. The van der Waals surface area contributed by atoms with Crippen molar-refractivity contribution in [1.82, 2.24) is 5.32 Å². The molecule has 0 saturated carbocycles. The summed E-state index contributed by atoms with van der Waals surface area (Å²) in [5.74, 6) is 1.97. The molecule has 1 nitrogen and oxygen atoms in total. The fourth-order valence-electron chi connectivity index (χ4n) is 0.831. The van der Waals surface area contributed by atoms with Crippen molar-refractivity contribution in [2.24, 2.45) is 0 Å². The maximum atomic E-state index is 5.71. The number of hydrogen-bond acceptors (Lipinski definition) is 2. The predicted octanol–water partition coefficient (Wildman–Crippen LogP) is 2.35. The molecule has 0 aliphatic carbocycles. The third-order valence-electron chi connectivity index (χ3n) is 1.64. The summed E-state index contributed by atoms with van der Waals surface area (Å²) in [6.07, 6.45) is 4.51. The van der Waals surface area contributed by atoms with Crippen molar-refractivity contribution in [3.05, 3.63) is 0 Å². The molecule has 0 aromatic rings. The molecular weight excluding hydrogens is 178 g/mol. The summed E-state index contributed by atoms with van der Waals surface area (Å²) < 4.78 is 0. The van der Waals surface area contributed by atoms with Crippen LogP contribution in [-0.4, -0.2) is 30.5 Å². The van der Waals surface area contributed by atoms with Gasteiger partial charge in [0.05, 0.1) is 0 Å². The second-order valence-electron chi connectivity index (χ2n) is 2.56. The average Bonchev–Trinajstić information content (AvgIpc) is 2.05. The Morgan fingerprint density at radius 2 is 2.27 bits per heavy atom. The lowest BCUT2D eigenvalue weighted by Gasteiger charge is -2.12. The summed E-state index contributed by atoms with van der Waals surface area (Å²) in [4.78, 5) is 0. The lowest BCUT2D eigenvalue weighted by Crippen LogP contribution is -2.30. The number of alkyl halides is 1. The highest BCUT2D eigenvalue weighted by molar-refractivity contribution is 7.98. The van der Waals surface area contributed by atoms with E-state index in [0.717, 1.165) is 18.8 Å². The van der Waals surface area contributed by atoms with E-state index in [2.05, 4.69) is 18.5 Å². The molecule has 11 heavy (non-hydrogen) atoms. The van der Waals surface area contributed by atoms with Gasteiger partial charge >= 0.3 is 0 Å². The van der Waals surface area contributed by atoms with Crippen molar-refractivity contribution in [1.29, 1.82) is 0 Å². The first-order valence-corrected chi connectivity index (χ1v) is 6.06. The van der Waals surface area contributed by atoms with E-state index in [1.807, 2.05) is 11.8 Å². The molecule has 1 unspecified atom stereocenters. The van der Waals surface area contributed by atoms with E-state index in [0.29, 0.717) is 6.04 Å². The Kier molecular flexibility index (Phi) is 9.17. The quantitative estimate of drug-likeness (QED) is 0.495. The predicted molar refractivity (Wildman–Crippen MR) is 55.8 cm³/mol. The van der Waals surface area contributed by atoms with Crippen LogP contribution in [0.1, 0.15) is 19.8 Å². The number of halogens is 1. The van der Waals surface area contributed by atoms with Crippen LogP contribution in [0, 0.1) is 0 Å². The second kappa shape index (κ2) is 8.69. The molecule has 3 heteroatoms. The Labute approximate surface area is 79.3 Å². The zero-order valence-electron chi connectivity index (χ0n) is 7.40. The molecule has 0 heterocycles. The first-order chi connectivity index (χ1) is 5.35. The maximum Gasteiger partial charge on any atom is 0.0377 e. The van der Waals surface area contributed by atoms with Crippen molar-refractivity contribution in [3.8, 4) is 0 Å². The van der Waals surface area contributed by atoms with Gasteiger partial charge in [0.25, 0.3) is 0 Å². The lowest BCUT2D eigenvalue weighted by atomic mass is 10.2. The van der Waals surface area contributed by atoms with E-state index in [4.69, 9.17) is 11.6 Å². The largest absolute Gasteiger partial charge is 0.313 e. The number of hydrogen-bond donors (Lipinski definition) is 1. The summed E-state index contributed by atoms with van der Waals surface area (Å²) in [5, 5.41) is 3.41. The van der Waals surface area contributed by atoms with Crippen LogP contribution in [0.4, 0.5) is 0 Å². The van der Waals surface area contributed by atoms with Crippen LogP contribution in [-0.2, 0) is 0 Å². The summed E-state index contributed by atoms with van der Waals surface area (Å²) in [6.45, 7) is 3.26. The highest BCUT2D eigenvalue weighted by atomic mass is 35.5. The van der Waals surface area contributed by atoms with E-state index in [1.165, 1.54) is 12.2 Å². The molecule has 0 radical (unpaired) electrons. The molecule has 0 aliphatic heterocycles. The molecule has 0 fully saturated rings. The van der Waals surface area contributed by atoms with Crippen LogP contribution >= 0.6 is 23.4 Å². The van der Waals surface area contributed by atoms with Gasteiger partial charge in [0.2, 0.25) is 0 Å². The standard InChI is InChI=1S/C8H18ClNS/c1-3-8(7-9)10-5-4-6-11-2/h8,10H,3-7H2,1-2H3. The van der Waals surface area contributed by atoms with Crippen molar-refractivity contribution in [2.75, 3.05) is 24.4 Å². The number of thioether (sulfide) groups is 1. The monoisotopic (exact) mass is 195 g/mol. The minimum Gasteiger partial charge on any atom is -0.313 e. The number of nitrogens with one attached hydrogen (secondary N) is 1. The fraction of sp³-hybridized carbons (Fsp3) is 1.00. The van der Waals surface area contributed by atoms with E-state index in [-0.39, 0.29) is 0 Å². The zero-order valence-corrected chi connectivity index (χ0v) is 8.97. The van der Waals surface area contributed by atoms with E-state index in [9.17, 15) is 0 Å². The molecule has 0 bridgehead atoms. The average molecular weight is 196 g/mol. The molecule has 0 amide bonds. The van der Waals surface area contributed by atoms with Gasteiger partial charge in [-0.15, -0.1) is 11.6 Å². The second-order valence-corrected chi connectivity index (χ2v) is 3.85. The molecule has 1 atom stereocenters.